The first-order chi connectivity index (χ1) is 28.5. The van der Waals surface area contributed by atoms with E-state index in [1.807, 2.05) is 18.5 Å². The second-order valence-corrected chi connectivity index (χ2v) is 16.2. The first-order valence-electron chi connectivity index (χ1n) is 20.6. The average molecular weight is 747 g/mol. The maximum absolute atomic E-state index is 4.77. The van der Waals surface area contributed by atoms with Crippen LogP contribution in [0.1, 0.15) is 54.5 Å². The largest absolute Gasteiger partial charge is 0.381 e. The summed E-state index contributed by atoms with van der Waals surface area (Å²) in [5, 5.41) is 3.56. The number of aromatic nitrogens is 1. The molecule has 0 spiro atoms. The maximum atomic E-state index is 4.77. The van der Waals surface area contributed by atoms with Gasteiger partial charge in [-0.25, -0.2) is 0 Å². The highest BCUT2D eigenvalue weighted by atomic mass is 14.9. The zero-order chi connectivity index (χ0) is 39.1. The van der Waals surface area contributed by atoms with Gasteiger partial charge in [0.25, 0.3) is 0 Å². The topological polar surface area (TPSA) is 24.9 Å². The van der Waals surface area contributed by atoms with Crippen LogP contribution in [0.5, 0.6) is 0 Å². The van der Waals surface area contributed by atoms with Gasteiger partial charge in [-0.2, -0.15) is 0 Å². The number of nitrogens with one attached hydrogen (secondary N) is 1. The predicted octanol–water partition coefficient (Wildman–Crippen LogP) is 13.9. The van der Waals surface area contributed by atoms with E-state index in [0.717, 1.165) is 17.7 Å². The first-order valence-corrected chi connectivity index (χ1v) is 20.6. The number of nitrogens with zero attached hydrogens (tertiary/aromatic N) is 1. The summed E-state index contributed by atoms with van der Waals surface area (Å²) in [4.78, 5) is 4.77. The van der Waals surface area contributed by atoms with Gasteiger partial charge in [0.2, 0.25) is 0 Å². The van der Waals surface area contributed by atoms with Crippen molar-refractivity contribution in [2.45, 2.75) is 32.2 Å². The molecule has 0 bridgehead atoms. The Balaban J connectivity index is 1.22. The molecule has 10 rings (SSSR count). The fourth-order valence-corrected chi connectivity index (χ4v) is 9.79. The fraction of sp³-hybridized carbons (Fsp3) is 0.125. The van der Waals surface area contributed by atoms with Crippen LogP contribution in [0, 0.1) is 11.3 Å². The zero-order valence-corrected chi connectivity index (χ0v) is 33.0. The summed E-state index contributed by atoms with van der Waals surface area (Å²) in [5.74, 6) is 0.324. The number of rotatable bonds is 7. The van der Waals surface area contributed by atoms with E-state index < -0.39 is 0 Å². The Hall–Kier alpha value is -6.77. The molecule has 1 aliphatic heterocycles. The molecule has 280 valence electrons. The average Bonchev–Trinajstić information content (AvgIpc) is 3.29. The van der Waals surface area contributed by atoms with Crippen LogP contribution >= 0.6 is 0 Å². The van der Waals surface area contributed by atoms with Crippen LogP contribution in [0.4, 0.5) is 0 Å². The highest BCUT2D eigenvalue weighted by molar-refractivity contribution is 6.00. The Morgan fingerprint density at radius 1 is 0.603 bits per heavy atom. The van der Waals surface area contributed by atoms with Gasteiger partial charge in [-0.1, -0.05) is 172 Å². The van der Waals surface area contributed by atoms with E-state index in [-0.39, 0.29) is 23.3 Å². The Labute approximate surface area is 342 Å². The van der Waals surface area contributed by atoms with E-state index in [0.29, 0.717) is 0 Å². The van der Waals surface area contributed by atoms with Gasteiger partial charge in [-0.15, -0.1) is 0 Å². The SMILES string of the molecule is CC1C2=C(c3cccc(-c4ccccn4)c3)C3=CC=CCC3(C)C(c3cccc(C4C=CC=CN4)c3)=C2C=CC1c1cc(-c2ccccc2)cc(-c2ccccc2)c1. The zero-order valence-electron chi connectivity index (χ0n) is 33.0. The number of hydrogen-bond acceptors (Lipinski definition) is 2. The molecule has 5 aromatic carbocycles. The van der Waals surface area contributed by atoms with Crippen LogP contribution < -0.4 is 5.32 Å². The third-order valence-corrected chi connectivity index (χ3v) is 12.6. The summed E-state index contributed by atoms with van der Waals surface area (Å²) in [6, 6.07) is 53.5. The van der Waals surface area contributed by atoms with Crippen LogP contribution in [-0.2, 0) is 0 Å². The Morgan fingerprint density at radius 3 is 2.00 bits per heavy atom. The van der Waals surface area contributed by atoms with Gasteiger partial charge in [0.1, 0.15) is 0 Å². The molecule has 4 aliphatic rings. The maximum Gasteiger partial charge on any atom is 0.0702 e. The van der Waals surface area contributed by atoms with Gasteiger partial charge in [0.05, 0.1) is 11.7 Å². The van der Waals surface area contributed by atoms with Gasteiger partial charge in [0.15, 0.2) is 0 Å². The van der Waals surface area contributed by atoms with Gasteiger partial charge in [-0.3, -0.25) is 4.98 Å². The van der Waals surface area contributed by atoms with Crippen molar-refractivity contribution in [1.29, 1.82) is 0 Å². The van der Waals surface area contributed by atoms with Crippen LogP contribution in [0.3, 0.4) is 0 Å². The summed E-state index contributed by atoms with van der Waals surface area (Å²) in [7, 11) is 0. The molecule has 6 aromatic rings. The molecular formula is C56H46N2. The molecule has 0 fully saturated rings. The van der Waals surface area contributed by atoms with Crippen molar-refractivity contribution in [2.75, 3.05) is 0 Å². The lowest BCUT2D eigenvalue weighted by molar-refractivity contribution is 0.533. The van der Waals surface area contributed by atoms with E-state index in [9.17, 15) is 0 Å². The van der Waals surface area contributed by atoms with E-state index in [4.69, 9.17) is 4.98 Å². The minimum absolute atomic E-state index is 0.133. The van der Waals surface area contributed by atoms with Crippen LogP contribution in [-0.4, -0.2) is 4.98 Å². The smallest absolute Gasteiger partial charge is 0.0702 e. The van der Waals surface area contributed by atoms with Gasteiger partial charge in [-0.05, 0) is 127 Å². The molecule has 2 heteroatoms. The minimum atomic E-state index is -0.247. The normalized spacial score (nSPS) is 22.0. The highest BCUT2D eigenvalue weighted by Gasteiger charge is 2.45. The summed E-state index contributed by atoms with van der Waals surface area (Å²) in [5.41, 5.74) is 18.8. The lowest BCUT2D eigenvalue weighted by atomic mass is 9.56. The molecule has 2 nitrogen and oxygen atoms in total. The summed E-state index contributed by atoms with van der Waals surface area (Å²) >= 11 is 0. The monoisotopic (exact) mass is 746 g/mol. The standard InChI is InChI=1S/C56H46N2/c1-38-48(47-36-45(39-17-5-3-6-18-39)35-46(37-47)40-19-7-4-8-20-40)28-29-49-53(38)54(43-23-15-21-41(33-43)51-26-10-13-31-57-51)50-25-9-12-30-56(50,2)55(49)44-24-16-22-42(34-44)52-27-11-14-32-58-52/h3-29,31-38,48,52,58H,30H2,1-2H3. The second kappa shape index (κ2) is 15.0. The van der Waals surface area contributed by atoms with Crippen molar-refractivity contribution >= 4 is 11.1 Å². The van der Waals surface area contributed by atoms with Crippen LogP contribution in [0.25, 0.3) is 44.7 Å². The predicted molar refractivity (Wildman–Crippen MR) is 242 cm³/mol. The van der Waals surface area contributed by atoms with Crippen molar-refractivity contribution in [3.05, 3.63) is 246 Å². The molecule has 0 saturated carbocycles. The minimum Gasteiger partial charge on any atom is -0.381 e. The number of allylic oxidation sites excluding steroid dienone is 12. The lowest BCUT2D eigenvalue weighted by Gasteiger charge is -2.47. The molecule has 4 unspecified atom stereocenters. The summed E-state index contributed by atoms with van der Waals surface area (Å²) in [6.07, 6.45) is 23.3. The second-order valence-electron chi connectivity index (χ2n) is 16.2. The van der Waals surface area contributed by atoms with Crippen LogP contribution in [0.15, 0.2) is 223 Å². The highest BCUT2D eigenvalue weighted by Crippen LogP contribution is 2.61. The Kier molecular flexibility index (Phi) is 9.19. The van der Waals surface area contributed by atoms with E-state index in [1.165, 1.54) is 72.4 Å². The third kappa shape index (κ3) is 6.36. The molecule has 0 radical (unpaired) electrons. The molecule has 2 heterocycles. The Bertz CT molecular complexity index is 2680. The molecule has 4 atom stereocenters. The van der Waals surface area contributed by atoms with Gasteiger partial charge >= 0.3 is 0 Å². The Morgan fingerprint density at radius 2 is 1.28 bits per heavy atom. The van der Waals surface area contributed by atoms with Crippen molar-refractivity contribution in [2.24, 2.45) is 11.3 Å². The molecule has 1 N–H and O–H groups in total. The number of hydrogen-bond donors (Lipinski definition) is 1. The first kappa shape index (κ1) is 35.6. The number of benzene rings is 5. The van der Waals surface area contributed by atoms with Gasteiger partial charge in [0, 0.05) is 23.1 Å². The number of pyridine rings is 1. The molecule has 0 saturated heterocycles. The van der Waals surface area contributed by atoms with E-state index in [1.54, 1.807) is 0 Å². The molecule has 1 aromatic heterocycles. The third-order valence-electron chi connectivity index (χ3n) is 12.6. The van der Waals surface area contributed by atoms with Crippen molar-refractivity contribution < 1.29 is 0 Å². The summed E-state index contributed by atoms with van der Waals surface area (Å²) < 4.78 is 0. The fourth-order valence-electron chi connectivity index (χ4n) is 9.79. The lowest BCUT2D eigenvalue weighted by Crippen LogP contribution is -2.32. The van der Waals surface area contributed by atoms with Crippen LogP contribution in [0.2, 0.25) is 0 Å². The number of dihydropyridines is 1. The summed E-state index contributed by atoms with van der Waals surface area (Å²) in [6.45, 7) is 4.93. The van der Waals surface area contributed by atoms with Gasteiger partial charge < -0.3 is 5.32 Å². The molecule has 0 amide bonds. The molecule has 3 aliphatic carbocycles. The van der Waals surface area contributed by atoms with Crippen molar-refractivity contribution in [3.63, 3.8) is 0 Å². The quantitative estimate of drug-likeness (QED) is 0.176. The van der Waals surface area contributed by atoms with E-state index >= 15 is 0 Å². The van der Waals surface area contributed by atoms with Crippen molar-refractivity contribution in [3.8, 4) is 33.5 Å². The van der Waals surface area contributed by atoms with Crippen molar-refractivity contribution in [1.82, 2.24) is 10.3 Å². The number of fused-ring (bicyclic) bond motifs is 2. The molecule has 58 heavy (non-hydrogen) atoms. The molecular weight excluding hydrogens is 701 g/mol. The van der Waals surface area contributed by atoms with E-state index in [2.05, 4.69) is 207 Å².